The van der Waals surface area contributed by atoms with Crippen molar-refractivity contribution in [2.45, 2.75) is 13.3 Å². The van der Waals surface area contributed by atoms with Crippen molar-refractivity contribution >= 4 is 5.97 Å². The van der Waals surface area contributed by atoms with E-state index in [1.807, 2.05) is 0 Å². The lowest BCUT2D eigenvalue weighted by atomic mass is 10.5. The number of carboxylic acid groups (broad SMARTS) is 1. The molecule has 0 aliphatic carbocycles. The lowest BCUT2D eigenvalue weighted by molar-refractivity contribution is -0.849. The van der Waals surface area contributed by atoms with Crippen molar-refractivity contribution in [3.63, 3.8) is 0 Å². The molecule has 0 amide bonds. The van der Waals surface area contributed by atoms with Gasteiger partial charge in [0.05, 0.1) is 28.2 Å². The van der Waals surface area contributed by atoms with Gasteiger partial charge in [0.2, 0.25) is 0 Å². The third kappa shape index (κ3) is 150. The maximum atomic E-state index is 9.26. The number of carbonyl (C=O) groups excluding carboxylic acids is 1. The average Bonchev–Trinajstić information content (AvgIpc) is 1.61. The standard InChI is InChI=1S/C4H12N.C3H6O2/c1-5(2,3)4;1-2-3(4)5/h1-4H3;2H2,1H3,(H,4,5)/q+1;/p-1. The lowest BCUT2D eigenvalue weighted by Gasteiger charge is -2.14. The van der Waals surface area contributed by atoms with E-state index in [4.69, 9.17) is 0 Å². The Bertz CT molecular complexity index is 88.3. The third-order valence-corrected chi connectivity index (χ3v) is 0.289. The predicted molar refractivity (Wildman–Crippen MR) is 39.3 cm³/mol. The summed E-state index contributed by atoms with van der Waals surface area (Å²) in [5.74, 6) is -0.995. The van der Waals surface area contributed by atoms with Gasteiger partial charge in [0.1, 0.15) is 0 Å². The molecule has 0 spiro atoms. The van der Waals surface area contributed by atoms with Gasteiger partial charge in [0.25, 0.3) is 0 Å². The number of carboxylic acids is 1. The SMILES string of the molecule is CCC(=O)[O-].C[N+](C)(C)C. The van der Waals surface area contributed by atoms with Gasteiger partial charge in [-0.05, 0) is 6.42 Å². The number of aliphatic carboxylic acids is 1. The fraction of sp³-hybridized carbons (Fsp3) is 0.857. The van der Waals surface area contributed by atoms with Gasteiger partial charge >= 0.3 is 0 Å². The van der Waals surface area contributed by atoms with Crippen LogP contribution in [-0.2, 0) is 4.79 Å². The summed E-state index contributed by atoms with van der Waals surface area (Å²) in [6.07, 6.45) is 0.111. The van der Waals surface area contributed by atoms with Gasteiger partial charge in [-0.1, -0.05) is 6.92 Å². The van der Waals surface area contributed by atoms with E-state index in [2.05, 4.69) is 28.2 Å². The van der Waals surface area contributed by atoms with Gasteiger partial charge in [0.15, 0.2) is 0 Å². The van der Waals surface area contributed by atoms with Gasteiger partial charge in [-0.25, -0.2) is 0 Å². The number of nitrogens with zero attached hydrogens (tertiary/aromatic N) is 1. The highest BCUT2D eigenvalue weighted by Gasteiger charge is 1.88. The minimum atomic E-state index is -0.995. The van der Waals surface area contributed by atoms with Crippen LogP contribution in [0.1, 0.15) is 13.3 Å². The number of rotatable bonds is 1. The zero-order valence-corrected chi connectivity index (χ0v) is 7.47. The Morgan fingerprint density at radius 2 is 1.40 bits per heavy atom. The first-order chi connectivity index (χ1) is 4.27. The minimum Gasteiger partial charge on any atom is -0.550 e. The average molecular weight is 147 g/mol. The molecule has 3 heteroatoms. The van der Waals surface area contributed by atoms with Crippen LogP contribution >= 0.6 is 0 Å². The number of hydrogen-bond donors (Lipinski definition) is 0. The third-order valence-electron chi connectivity index (χ3n) is 0.289. The summed E-state index contributed by atoms with van der Waals surface area (Å²) < 4.78 is 1.00. The second-order valence-corrected chi connectivity index (χ2v) is 3.41. The number of quaternary nitrogens is 1. The first-order valence-corrected chi connectivity index (χ1v) is 3.26. The van der Waals surface area contributed by atoms with Crippen molar-refractivity contribution in [3.8, 4) is 0 Å². The molecule has 62 valence electrons. The highest BCUT2D eigenvalue weighted by atomic mass is 16.4. The van der Waals surface area contributed by atoms with Gasteiger partial charge in [-0.3, -0.25) is 0 Å². The molecule has 0 aromatic rings. The number of hydrogen-bond acceptors (Lipinski definition) is 2. The maximum Gasteiger partial charge on any atom is 0.0675 e. The first kappa shape index (κ1) is 12.1. The van der Waals surface area contributed by atoms with Crippen LogP contribution in [0.5, 0.6) is 0 Å². The Balaban J connectivity index is 0. The molecule has 0 rings (SSSR count). The van der Waals surface area contributed by atoms with Gasteiger partial charge < -0.3 is 14.4 Å². The molecule has 0 atom stereocenters. The van der Waals surface area contributed by atoms with Gasteiger partial charge in [-0.2, -0.15) is 0 Å². The fourth-order valence-corrected chi connectivity index (χ4v) is 0. The van der Waals surface area contributed by atoms with E-state index in [9.17, 15) is 9.90 Å². The molecule has 3 nitrogen and oxygen atoms in total. The highest BCUT2D eigenvalue weighted by Crippen LogP contribution is 1.73. The zero-order valence-electron chi connectivity index (χ0n) is 7.47. The molecule has 0 aliphatic heterocycles. The van der Waals surface area contributed by atoms with Crippen LogP contribution in [0.4, 0.5) is 0 Å². The highest BCUT2D eigenvalue weighted by molar-refractivity contribution is 5.63. The van der Waals surface area contributed by atoms with E-state index in [0.717, 1.165) is 4.48 Å². The van der Waals surface area contributed by atoms with E-state index in [0.29, 0.717) is 0 Å². The van der Waals surface area contributed by atoms with Crippen LogP contribution in [0.2, 0.25) is 0 Å². The number of carbonyl (C=O) groups is 1. The van der Waals surface area contributed by atoms with Crippen LogP contribution in [0.15, 0.2) is 0 Å². The van der Waals surface area contributed by atoms with Crippen molar-refractivity contribution in [2.24, 2.45) is 0 Å². The Morgan fingerprint density at radius 3 is 1.40 bits per heavy atom. The molecule has 0 saturated heterocycles. The maximum absolute atomic E-state index is 9.26. The molecular formula is C7H17NO2. The molecule has 0 aromatic carbocycles. The van der Waals surface area contributed by atoms with E-state index in [1.54, 1.807) is 0 Å². The first-order valence-electron chi connectivity index (χ1n) is 3.26. The Kier molecular flexibility index (Phi) is 6.35. The van der Waals surface area contributed by atoms with Crippen LogP contribution in [0.25, 0.3) is 0 Å². The summed E-state index contributed by atoms with van der Waals surface area (Å²) in [4.78, 5) is 9.26. The molecule has 0 N–H and O–H groups in total. The lowest BCUT2D eigenvalue weighted by Crippen LogP contribution is -2.27. The summed E-state index contributed by atoms with van der Waals surface area (Å²) in [6, 6.07) is 0. The molecule has 0 bridgehead atoms. The smallest absolute Gasteiger partial charge is 0.0675 e. The topological polar surface area (TPSA) is 40.1 Å². The summed E-state index contributed by atoms with van der Waals surface area (Å²) in [7, 11) is 8.50. The molecule has 0 heterocycles. The molecule has 0 fully saturated rings. The van der Waals surface area contributed by atoms with Gasteiger partial charge in [-0.15, -0.1) is 0 Å². The monoisotopic (exact) mass is 147 g/mol. The molecule has 0 aromatic heterocycles. The van der Waals surface area contributed by atoms with Crippen molar-refractivity contribution in [1.82, 2.24) is 0 Å². The molecule has 0 radical (unpaired) electrons. The van der Waals surface area contributed by atoms with Crippen LogP contribution in [0, 0.1) is 0 Å². The van der Waals surface area contributed by atoms with E-state index in [-0.39, 0.29) is 6.42 Å². The van der Waals surface area contributed by atoms with Crippen LogP contribution in [0.3, 0.4) is 0 Å². The van der Waals surface area contributed by atoms with Crippen molar-refractivity contribution in [3.05, 3.63) is 0 Å². The minimum absolute atomic E-state index is 0.111. The molecule has 0 aliphatic rings. The quantitative estimate of drug-likeness (QED) is 0.468. The molecule has 10 heavy (non-hydrogen) atoms. The Morgan fingerprint density at radius 1 is 1.30 bits per heavy atom. The summed E-state index contributed by atoms with van der Waals surface area (Å²) in [5, 5.41) is 9.26. The Labute approximate surface area is 62.9 Å². The second kappa shape index (κ2) is 5.23. The summed E-state index contributed by atoms with van der Waals surface area (Å²) in [6.45, 7) is 1.54. The zero-order chi connectivity index (χ0) is 8.78. The normalized spacial score (nSPS) is 9.70. The van der Waals surface area contributed by atoms with E-state index in [1.165, 1.54) is 6.92 Å². The second-order valence-electron chi connectivity index (χ2n) is 3.41. The molecular weight excluding hydrogens is 130 g/mol. The van der Waals surface area contributed by atoms with Crippen molar-refractivity contribution in [2.75, 3.05) is 28.2 Å². The summed E-state index contributed by atoms with van der Waals surface area (Å²) in [5.41, 5.74) is 0. The predicted octanol–water partition coefficient (Wildman–Crippen LogP) is -0.531. The fourth-order valence-electron chi connectivity index (χ4n) is 0. The van der Waals surface area contributed by atoms with Crippen LogP contribution in [-0.4, -0.2) is 38.6 Å². The largest absolute Gasteiger partial charge is 0.550 e. The van der Waals surface area contributed by atoms with Gasteiger partial charge in [0, 0.05) is 5.97 Å². The molecule has 0 saturated carbocycles. The van der Waals surface area contributed by atoms with Crippen molar-refractivity contribution in [1.29, 1.82) is 0 Å². The van der Waals surface area contributed by atoms with Crippen molar-refractivity contribution < 1.29 is 14.4 Å². The summed E-state index contributed by atoms with van der Waals surface area (Å²) >= 11 is 0. The van der Waals surface area contributed by atoms with Crippen LogP contribution < -0.4 is 5.11 Å². The van der Waals surface area contributed by atoms with E-state index < -0.39 is 5.97 Å². The van der Waals surface area contributed by atoms with E-state index >= 15 is 0 Å². The Hall–Kier alpha value is -0.570. The molecule has 0 unspecified atom stereocenters.